The maximum absolute atomic E-state index is 11.6. The smallest absolute Gasteiger partial charge is 0.339 e. The molecule has 10 nitrogen and oxygen atoms in total. The zero-order chi connectivity index (χ0) is 21.4. The van der Waals surface area contributed by atoms with Crippen LogP contribution in [0.5, 0.6) is 5.88 Å². The summed E-state index contributed by atoms with van der Waals surface area (Å²) in [6, 6.07) is 12.7. The molecule has 0 aliphatic carbocycles. The first-order valence-corrected chi connectivity index (χ1v) is 9.38. The molecule has 0 amide bonds. The van der Waals surface area contributed by atoms with E-state index in [1.54, 1.807) is 29.6 Å². The zero-order valence-electron chi connectivity index (χ0n) is 16.6. The van der Waals surface area contributed by atoms with Crippen molar-refractivity contribution >= 4 is 22.4 Å². The lowest BCUT2D eigenvalue weighted by atomic mass is 10.2. The van der Waals surface area contributed by atoms with Crippen LogP contribution in [0.2, 0.25) is 0 Å². The largest absolute Gasteiger partial charge is 0.470 e. The summed E-state index contributed by atoms with van der Waals surface area (Å²) in [5.74, 6) is 1.05. The molecule has 5 rings (SSSR count). The number of aromatic nitrogens is 6. The maximum Gasteiger partial charge on any atom is 0.339 e. The molecular weight excluding hydrogens is 400 g/mol. The first-order valence-electron chi connectivity index (χ1n) is 9.38. The molecule has 0 fully saturated rings. The Morgan fingerprint density at radius 2 is 1.97 bits per heavy atom. The van der Waals surface area contributed by atoms with Gasteiger partial charge in [-0.05, 0) is 25.1 Å². The Balaban J connectivity index is 1.53. The van der Waals surface area contributed by atoms with Crippen LogP contribution in [0.3, 0.4) is 0 Å². The van der Waals surface area contributed by atoms with E-state index in [9.17, 15) is 4.79 Å². The molecule has 4 aromatic heterocycles. The maximum atomic E-state index is 11.6. The number of esters is 1. The van der Waals surface area contributed by atoms with Crippen molar-refractivity contribution < 1.29 is 18.8 Å². The lowest BCUT2D eigenvalue weighted by Gasteiger charge is -2.09. The van der Waals surface area contributed by atoms with Gasteiger partial charge in [-0.15, -0.1) is 15.3 Å². The fourth-order valence-corrected chi connectivity index (χ4v) is 3.18. The van der Waals surface area contributed by atoms with E-state index in [2.05, 4.69) is 30.2 Å². The quantitative estimate of drug-likeness (QED) is 0.398. The average molecular weight is 416 g/mol. The van der Waals surface area contributed by atoms with Gasteiger partial charge in [0.05, 0.1) is 18.4 Å². The third kappa shape index (κ3) is 3.33. The van der Waals surface area contributed by atoms with E-state index in [4.69, 9.17) is 9.26 Å². The average Bonchev–Trinajstić information content (AvgIpc) is 3.43. The SMILES string of the molecule is COC(=O)c1ccc(COc2nn3c(-c4cc(C)on4)nnc3c3ccccc23)nc1. The molecule has 0 saturated carbocycles. The van der Waals surface area contributed by atoms with Crippen LogP contribution in [-0.4, -0.2) is 43.0 Å². The minimum atomic E-state index is -0.443. The molecule has 0 spiro atoms. The molecule has 0 radical (unpaired) electrons. The molecule has 1 aromatic carbocycles. The topological polar surface area (TPSA) is 118 Å². The molecular formula is C21H16N6O4. The Hall–Kier alpha value is -4.34. The number of hydrogen-bond donors (Lipinski definition) is 0. The molecule has 154 valence electrons. The number of aryl methyl sites for hydroxylation is 1. The first-order chi connectivity index (χ1) is 15.1. The van der Waals surface area contributed by atoms with Gasteiger partial charge in [-0.25, -0.2) is 4.79 Å². The fourth-order valence-electron chi connectivity index (χ4n) is 3.18. The van der Waals surface area contributed by atoms with Crippen LogP contribution in [0.4, 0.5) is 0 Å². The van der Waals surface area contributed by atoms with Gasteiger partial charge in [0.15, 0.2) is 11.3 Å². The van der Waals surface area contributed by atoms with E-state index in [0.717, 1.165) is 10.8 Å². The number of ether oxygens (including phenoxy) is 2. The van der Waals surface area contributed by atoms with Crippen molar-refractivity contribution in [3.63, 3.8) is 0 Å². The highest BCUT2D eigenvalue weighted by Gasteiger charge is 2.18. The van der Waals surface area contributed by atoms with Gasteiger partial charge in [0, 0.05) is 23.0 Å². The number of nitrogens with zero attached hydrogens (tertiary/aromatic N) is 6. The van der Waals surface area contributed by atoms with Gasteiger partial charge < -0.3 is 14.0 Å². The van der Waals surface area contributed by atoms with E-state index in [1.807, 2.05) is 24.3 Å². The van der Waals surface area contributed by atoms with Crippen LogP contribution in [0.1, 0.15) is 21.8 Å². The molecule has 0 unspecified atom stereocenters. The van der Waals surface area contributed by atoms with Crippen molar-refractivity contribution in [2.75, 3.05) is 7.11 Å². The second-order valence-electron chi connectivity index (χ2n) is 6.75. The number of rotatable bonds is 5. The highest BCUT2D eigenvalue weighted by Crippen LogP contribution is 2.29. The van der Waals surface area contributed by atoms with Crippen LogP contribution in [0.25, 0.3) is 27.9 Å². The number of hydrogen-bond acceptors (Lipinski definition) is 9. The molecule has 0 aliphatic rings. The molecule has 0 atom stereocenters. The number of carbonyl (C=O) groups is 1. The second-order valence-corrected chi connectivity index (χ2v) is 6.75. The molecule has 0 N–H and O–H groups in total. The van der Waals surface area contributed by atoms with E-state index in [-0.39, 0.29) is 6.61 Å². The van der Waals surface area contributed by atoms with Crippen LogP contribution in [0.15, 0.2) is 53.2 Å². The third-order valence-corrected chi connectivity index (χ3v) is 4.69. The van der Waals surface area contributed by atoms with E-state index in [1.165, 1.54) is 13.3 Å². The van der Waals surface area contributed by atoms with Gasteiger partial charge in [-0.2, -0.15) is 4.52 Å². The summed E-state index contributed by atoms with van der Waals surface area (Å²) in [6.45, 7) is 1.96. The normalized spacial score (nSPS) is 11.2. The van der Waals surface area contributed by atoms with Gasteiger partial charge in [0.1, 0.15) is 12.4 Å². The summed E-state index contributed by atoms with van der Waals surface area (Å²) >= 11 is 0. The van der Waals surface area contributed by atoms with Crippen molar-refractivity contribution in [3.05, 3.63) is 65.7 Å². The summed E-state index contributed by atoms with van der Waals surface area (Å²) in [4.78, 5) is 15.8. The minimum Gasteiger partial charge on any atom is -0.470 e. The van der Waals surface area contributed by atoms with Crippen molar-refractivity contribution in [1.29, 1.82) is 0 Å². The fraction of sp³-hybridized carbons (Fsp3) is 0.143. The van der Waals surface area contributed by atoms with Gasteiger partial charge in [0.25, 0.3) is 0 Å². The summed E-state index contributed by atoms with van der Waals surface area (Å²) in [6.07, 6.45) is 1.45. The van der Waals surface area contributed by atoms with Gasteiger partial charge in [-0.1, -0.05) is 23.4 Å². The molecule has 4 heterocycles. The third-order valence-electron chi connectivity index (χ3n) is 4.69. The Kier molecular flexibility index (Phi) is 4.51. The second kappa shape index (κ2) is 7.48. The molecule has 0 bridgehead atoms. The Bertz CT molecular complexity index is 1410. The summed E-state index contributed by atoms with van der Waals surface area (Å²) < 4.78 is 17.4. The number of methoxy groups -OCH3 is 1. The standard InChI is InChI=1S/C21H16N6O4/c1-12-9-17(26-31-12)19-24-23-18-15-5-3-4-6-16(15)20(25-27(18)19)30-11-14-8-7-13(10-22-14)21(28)29-2/h3-10H,11H2,1-2H3. The summed E-state index contributed by atoms with van der Waals surface area (Å²) in [5, 5.41) is 18.8. The number of fused-ring (bicyclic) bond motifs is 3. The summed E-state index contributed by atoms with van der Waals surface area (Å²) in [5.41, 5.74) is 2.11. The highest BCUT2D eigenvalue weighted by atomic mass is 16.5. The van der Waals surface area contributed by atoms with Gasteiger partial charge in [-0.3, -0.25) is 4.98 Å². The van der Waals surface area contributed by atoms with Crippen LogP contribution >= 0.6 is 0 Å². The van der Waals surface area contributed by atoms with Crippen molar-refractivity contribution in [2.24, 2.45) is 0 Å². The Morgan fingerprint density at radius 1 is 1.13 bits per heavy atom. The number of carbonyl (C=O) groups excluding carboxylic acids is 1. The summed E-state index contributed by atoms with van der Waals surface area (Å²) in [7, 11) is 1.33. The van der Waals surface area contributed by atoms with Crippen LogP contribution in [-0.2, 0) is 11.3 Å². The van der Waals surface area contributed by atoms with Crippen LogP contribution in [0, 0.1) is 6.92 Å². The minimum absolute atomic E-state index is 0.157. The predicted molar refractivity (Wildman–Crippen MR) is 108 cm³/mol. The molecule has 31 heavy (non-hydrogen) atoms. The highest BCUT2D eigenvalue weighted by molar-refractivity contribution is 5.97. The predicted octanol–water partition coefficient (Wildman–Crippen LogP) is 3.00. The molecule has 0 aliphatic heterocycles. The zero-order valence-corrected chi connectivity index (χ0v) is 16.6. The van der Waals surface area contributed by atoms with Crippen molar-refractivity contribution in [2.45, 2.75) is 13.5 Å². The van der Waals surface area contributed by atoms with E-state index in [0.29, 0.717) is 40.1 Å². The Morgan fingerprint density at radius 3 is 2.68 bits per heavy atom. The first kappa shape index (κ1) is 18.7. The molecule has 0 saturated heterocycles. The van der Waals surface area contributed by atoms with Crippen LogP contribution < -0.4 is 4.74 Å². The van der Waals surface area contributed by atoms with E-state index < -0.39 is 5.97 Å². The van der Waals surface area contributed by atoms with Crippen molar-refractivity contribution in [1.82, 2.24) is 30.0 Å². The number of pyridine rings is 1. The lowest BCUT2D eigenvalue weighted by molar-refractivity contribution is 0.0600. The van der Waals surface area contributed by atoms with Crippen molar-refractivity contribution in [3.8, 4) is 17.4 Å². The Labute approximate surface area is 175 Å². The molecule has 5 aromatic rings. The number of benzene rings is 1. The monoisotopic (exact) mass is 416 g/mol. The molecule has 10 heteroatoms. The van der Waals surface area contributed by atoms with Gasteiger partial charge >= 0.3 is 5.97 Å². The van der Waals surface area contributed by atoms with Gasteiger partial charge in [0.2, 0.25) is 11.7 Å². The van der Waals surface area contributed by atoms with E-state index >= 15 is 0 Å². The lowest BCUT2D eigenvalue weighted by Crippen LogP contribution is -2.06.